The molecule has 0 aliphatic rings. The predicted octanol–water partition coefficient (Wildman–Crippen LogP) is 2.87. The third kappa shape index (κ3) is 3.58. The lowest BCUT2D eigenvalue weighted by molar-refractivity contribution is -0.402. The Morgan fingerprint density at radius 2 is 2.35 bits per heavy atom. The van der Waals surface area contributed by atoms with Gasteiger partial charge in [0.25, 0.3) is 0 Å². The number of hydrogen-bond acceptors (Lipinski definition) is 7. The van der Waals surface area contributed by atoms with Crippen molar-refractivity contribution in [2.75, 3.05) is 0 Å². The topological polar surface area (TPSA) is 106 Å². The number of aliphatic carboxylic acids is 1. The first-order chi connectivity index (χ1) is 9.45. The van der Waals surface area contributed by atoms with Gasteiger partial charge in [0.05, 0.1) is 23.9 Å². The van der Waals surface area contributed by atoms with E-state index in [1.165, 1.54) is 29.2 Å². The zero-order valence-electron chi connectivity index (χ0n) is 10.4. The van der Waals surface area contributed by atoms with Crippen molar-refractivity contribution in [3.05, 3.63) is 38.6 Å². The molecule has 0 spiro atoms. The molecule has 7 nitrogen and oxygen atoms in total. The van der Waals surface area contributed by atoms with E-state index in [2.05, 4.69) is 4.98 Å². The van der Waals surface area contributed by atoms with Gasteiger partial charge in [-0.05, 0) is 13.0 Å². The molecule has 0 amide bonds. The molecule has 0 atom stereocenters. The Labute approximate surface area is 121 Å². The fourth-order valence-electron chi connectivity index (χ4n) is 1.44. The fraction of sp³-hybridized carbons (Fsp3) is 0.273. The van der Waals surface area contributed by atoms with Crippen LogP contribution in [0.3, 0.4) is 0 Å². The summed E-state index contributed by atoms with van der Waals surface area (Å²) in [5.74, 6) is -0.292. The minimum atomic E-state index is -0.894. The molecule has 0 unspecified atom stereocenters. The molecule has 0 saturated carbocycles. The molecule has 2 aromatic heterocycles. The number of furan rings is 1. The third-order valence-electron chi connectivity index (χ3n) is 2.35. The summed E-state index contributed by atoms with van der Waals surface area (Å²) in [6, 6.07) is 2.85. The largest absolute Gasteiger partial charge is 0.481 e. The summed E-state index contributed by atoms with van der Waals surface area (Å²) in [7, 11) is 0. The highest BCUT2D eigenvalue weighted by Crippen LogP contribution is 2.31. The van der Waals surface area contributed by atoms with Crippen molar-refractivity contribution in [3.63, 3.8) is 0 Å². The molecule has 2 heterocycles. The van der Waals surface area contributed by atoms with Crippen molar-refractivity contribution < 1.29 is 19.2 Å². The number of carboxylic acid groups (broad SMARTS) is 1. The number of thioether (sulfide) groups is 1. The molecule has 106 valence electrons. The van der Waals surface area contributed by atoms with E-state index in [1.807, 2.05) is 0 Å². The van der Waals surface area contributed by atoms with E-state index in [0.29, 0.717) is 22.1 Å². The van der Waals surface area contributed by atoms with Crippen molar-refractivity contribution in [2.45, 2.75) is 23.4 Å². The maximum Gasteiger partial charge on any atom is 0.433 e. The first-order valence-corrected chi connectivity index (χ1v) is 7.30. The Kier molecular flexibility index (Phi) is 4.40. The number of rotatable bonds is 6. The van der Waals surface area contributed by atoms with Crippen LogP contribution in [-0.4, -0.2) is 21.0 Å². The Bertz CT molecular complexity index is 649. The van der Waals surface area contributed by atoms with E-state index in [0.717, 1.165) is 4.34 Å². The van der Waals surface area contributed by atoms with Crippen molar-refractivity contribution in [1.82, 2.24) is 4.98 Å². The molecular weight excluding hydrogens is 304 g/mol. The zero-order valence-corrected chi connectivity index (χ0v) is 12.0. The van der Waals surface area contributed by atoms with Crippen LogP contribution >= 0.6 is 23.1 Å². The molecule has 9 heteroatoms. The van der Waals surface area contributed by atoms with E-state index in [1.54, 1.807) is 13.0 Å². The van der Waals surface area contributed by atoms with Gasteiger partial charge in [0.1, 0.15) is 10.7 Å². The van der Waals surface area contributed by atoms with Gasteiger partial charge >= 0.3 is 11.9 Å². The van der Waals surface area contributed by atoms with E-state index in [-0.39, 0.29) is 12.3 Å². The maximum absolute atomic E-state index is 10.7. The lowest BCUT2D eigenvalue weighted by Crippen LogP contribution is -1.99. The minimum absolute atomic E-state index is 0.0454. The summed E-state index contributed by atoms with van der Waals surface area (Å²) in [6.07, 6.45) is -0.0454. The first kappa shape index (κ1) is 14.5. The van der Waals surface area contributed by atoms with Crippen LogP contribution in [0.1, 0.15) is 16.3 Å². The Morgan fingerprint density at radius 1 is 1.60 bits per heavy atom. The van der Waals surface area contributed by atoms with Crippen LogP contribution in [0.15, 0.2) is 20.9 Å². The Hall–Kier alpha value is -1.87. The van der Waals surface area contributed by atoms with Gasteiger partial charge in [-0.25, -0.2) is 4.98 Å². The van der Waals surface area contributed by atoms with Gasteiger partial charge < -0.3 is 9.52 Å². The Balaban J connectivity index is 1.99. The van der Waals surface area contributed by atoms with E-state index >= 15 is 0 Å². The van der Waals surface area contributed by atoms with Gasteiger partial charge in [-0.3, -0.25) is 14.9 Å². The number of aryl methyl sites for hydroxylation is 1. The highest BCUT2D eigenvalue weighted by Gasteiger charge is 2.14. The third-order valence-corrected chi connectivity index (χ3v) is 4.67. The average molecular weight is 314 g/mol. The van der Waals surface area contributed by atoms with Gasteiger partial charge in [-0.1, -0.05) is 11.8 Å². The van der Waals surface area contributed by atoms with Crippen LogP contribution < -0.4 is 0 Å². The second kappa shape index (κ2) is 6.06. The lowest BCUT2D eigenvalue weighted by atomic mass is 10.3. The normalized spacial score (nSPS) is 10.7. The van der Waals surface area contributed by atoms with Crippen LogP contribution in [0.25, 0.3) is 0 Å². The van der Waals surface area contributed by atoms with Crippen LogP contribution in [-0.2, 0) is 17.0 Å². The van der Waals surface area contributed by atoms with E-state index in [4.69, 9.17) is 9.52 Å². The van der Waals surface area contributed by atoms with Gasteiger partial charge in [0, 0.05) is 4.88 Å². The van der Waals surface area contributed by atoms with Gasteiger partial charge in [0.2, 0.25) is 0 Å². The molecule has 0 fully saturated rings. The number of nitro groups is 1. The fourth-order valence-corrected chi connectivity index (χ4v) is 3.56. The molecule has 0 aliphatic carbocycles. The molecule has 0 aromatic carbocycles. The second-order valence-electron chi connectivity index (χ2n) is 3.84. The van der Waals surface area contributed by atoms with Crippen LogP contribution in [0, 0.1) is 17.0 Å². The molecule has 0 saturated heterocycles. The quantitative estimate of drug-likeness (QED) is 0.496. The number of nitrogens with zero attached hydrogens (tertiary/aromatic N) is 2. The molecule has 0 aliphatic heterocycles. The number of hydrogen-bond donors (Lipinski definition) is 1. The summed E-state index contributed by atoms with van der Waals surface area (Å²) in [6.45, 7) is 1.76. The van der Waals surface area contributed by atoms with Crippen LogP contribution in [0.4, 0.5) is 5.88 Å². The summed E-state index contributed by atoms with van der Waals surface area (Å²) in [5.41, 5.74) is 0.699. The highest BCUT2D eigenvalue weighted by molar-refractivity contribution is 8.00. The maximum atomic E-state index is 10.7. The lowest BCUT2D eigenvalue weighted by Gasteiger charge is -1.92. The summed E-state index contributed by atoms with van der Waals surface area (Å²) >= 11 is 2.67. The second-order valence-corrected chi connectivity index (χ2v) is 6.15. The molecule has 1 N–H and O–H groups in total. The Morgan fingerprint density at radius 3 is 2.95 bits per heavy atom. The minimum Gasteiger partial charge on any atom is -0.481 e. The van der Waals surface area contributed by atoms with Crippen molar-refractivity contribution in [1.29, 1.82) is 0 Å². The van der Waals surface area contributed by atoms with Crippen molar-refractivity contribution in [2.24, 2.45) is 0 Å². The SMILES string of the molecule is Cc1nc(SCc2ccc([N+](=O)[O-])o2)sc1CC(=O)O. The van der Waals surface area contributed by atoms with Crippen molar-refractivity contribution >= 4 is 35.0 Å². The highest BCUT2D eigenvalue weighted by atomic mass is 32.2. The molecule has 20 heavy (non-hydrogen) atoms. The average Bonchev–Trinajstić information content (AvgIpc) is 2.94. The number of carbonyl (C=O) groups is 1. The molecule has 0 radical (unpaired) electrons. The summed E-state index contributed by atoms with van der Waals surface area (Å²) in [4.78, 5) is 25.5. The van der Waals surface area contributed by atoms with E-state index in [9.17, 15) is 14.9 Å². The standard InChI is InChI=1S/C11H10N2O5S2/c1-6-8(4-10(14)15)20-11(12-6)19-5-7-2-3-9(18-7)13(16)17/h2-3H,4-5H2,1H3,(H,14,15). The molecule has 0 bridgehead atoms. The predicted molar refractivity (Wildman–Crippen MR) is 73.1 cm³/mol. The molecule has 2 aromatic rings. The monoisotopic (exact) mass is 314 g/mol. The zero-order chi connectivity index (χ0) is 14.7. The first-order valence-electron chi connectivity index (χ1n) is 5.49. The number of thiazole rings is 1. The smallest absolute Gasteiger partial charge is 0.433 e. The van der Waals surface area contributed by atoms with Crippen LogP contribution in [0.2, 0.25) is 0 Å². The van der Waals surface area contributed by atoms with Gasteiger partial charge in [-0.2, -0.15) is 0 Å². The molecular formula is C11H10N2O5S2. The van der Waals surface area contributed by atoms with Crippen molar-refractivity contribution in [3.8, 4) is 0 Å². The van der Waals surface area contributed by atoms with Gasteiger partial charge in [-0.15, -0.1) is 11.3 Å². The van der Waals surface area contributed by atoms with E-state index < -0.39 is 10.9 Å². The number of carboxylic acids is 1. The molecule has 2 rings (SSSR count). The van der Waals surface area contributed by atoms with Crippen LogP contribution in [0.5, 0.6) is 0 Å². The summed E-state index contributed by atoms with van der Waals surface area (Å²) in [5, 5.41) is 19.2. The number of aromatic nitrogens is 1. The van der Waals surface area contributed by atoms with Gasteiger partial charge in [0.15, 0.2) is 4.34 Å². The summed E-state index contributed by atoms with van der Waals surface area (Å²) < 4.78 is 5.75.